The first kappa shape index (κ1) is 8.86. The number of hydrogen-bond donors (Lipinski definition) is 0. The van der Waals surface area contributed by atoms with Gasteiger partial charge in [0.15, 0.2) is 0 Å². The van der Waals surface area contributed by atoms with Crippen LogP contribution in [-0.2, 0) is 13.0 Å². The fraction of sp³-hybridized carbons (Fsp3) is 0.500. The van der Waals surface area contributed by atoms with Crippen molar-refractivity contribution < 1.29 is 0 Å². The normalized spacial score (nSPS) is 9.17. The maximum absolute atomic E-state index is 4.25. The Labute approximate surface area is 73.6 Å². The topological polar surface area (TPSA) is 17.8 Å². The second-order valence-corrected chi connectivity index (χ2v) is 2.65. The minimum atomic E-state index is 0.770. The lowest BCUT2D eigenvalue weighted by Crippen LogP contribution is -2.01. The number of hydrogen-bond acceptors (Lipinski definition) is 1. The van der Waals surface area contributed by atoms with Crippen molar-refractivity contribution in [2.24, 2.45) is 0 Å². The number of aromatic nitrogens is 2. The van der Waals surface area contributed by atoms with Crippen LogP contribution in [-0.4, -0.2) is 9.55 Å². The van der Waals surface area contributed by atoms with Gasteiger partial charge in [-0.3, -0.25) is 0 Å². The molecule has 1 aromatic heterocycles. The van der Waals surface area contributed by atoms with Gasteiger partial charge in [-0.05, 0) is 13.3 Å². The molecule has 0 saturated carbocycles. The molecule has 0 aliphatic carbocycles. The second-order valence-electron chi connectivity index (χ2n) is 2.65. The van der Waals surface area contributed by atoms with Gasteiger partial charge in [0, 0.05) is 18.8 Å². The molecule has 0 aliphatic rings. The number of aryl methyl sites for hydroxylation is 1. The zero-order valence-corrected chi connectivity index (χ0v) is 7.67. The van der Waals surface area contributed by atoms with Crippen molar-refractivity contribution in [1.29, 1.82) is 0 Å². The number of rotatable bonds is 3. The van der Waals surface area contributed by atoms with Crippen LogP contribution in [0.5, 0.6) is 0 Å². The summed E-state index contributed by atoms with van der Waals surface area (Å²) in [7, 11) is 0. The first-order valence-electron chi connectivity index (χ1n) is 4.28. The summed E-state index contributed by atoms with van der Waals surface area (Å²) in [6, 6.07) is 0. The Kier molecular flexibility index (Phi) is 3.40. The van der Waals surface area contributed by atoms with Crippen LogP contribution < -0.4 is 0 Å². The largest absolute Gasteiger partial charge is 0.323 e. The van der Waals surface area contributed by atoms with Gasteiger partial charge in [0.25, 0.3) is 0 Å². The standard InChI is InChI=1S/C10H14N2/c1-3-5-8-12-9-7-11-10(12)6-4-2/h7,9H,4,6,8H2,1-2H3. The van der Waals surface area contributed by atoms with Crippen LogP contribution in [0.2, 0.25) is 0 Å². The lowest BCUT2D eigenvalue weighted by Gasteiger charge is -2.00. The van der Waals surface area contributed by atoms with Gasteiger partial charge in [-0.15, -0.1) is 5.92 Å². The molecular formula is C10H14N2. The molecule has 0 N–H and O–H groups in total. The van der Waals surface area contributed by atoms with Crippen LogP contribution in [0.1, 0.15) is 26.1 Å². The molecule has 0 aromatic carbocycles. The van der Waals surface area contributed by atoms with E-state index in [1.807, 2.05) is 19.3 Å². The molecule has 2 nitrogen and oxygen atoms in total. The third-order valence-corrected chi connectivity index (χ3v) is 1.70. The molecule has 0 amide bonds. The molecule has 0 unspecified atom stereocenters. The smallest absolute Gasteiger partial charge is 0.109 e. The van der Waals surface area contributed by atoms with E-state index in [1.165, 1.54) is 0 Å². The molecule has 1 aromatic rings. The summed E-state index contributed by atoms with van der Waals surface area (Å²) in [5.74, 6) is 7.04. The van der Waals surface area contributed by atoms with Crippen molar-refractivity contribution in [1.82, 2.24) is 9.55 Å². The highest BCUT2D eigenvalue weighted by Gasteiger charge is 1.98. The summed E-state index contributed by atoms with van der Waals surface area (Å²) in [5, 5.41) is 0. The van der Waals surface area contributed by atoms with Gasteiger partial charge >= 0.3 is 0 Å². The third kappa shape index (κ3) is 2.13. The predicted molar refractivity (Wildman–Crippen MR) is 49.7 cm³/mol. The van der Waals surface area contributed by atoms with E-state index in [1.54, 1.807) is 0 Å². The van der Waals surface area contributed by atoms with Gasteiger partial charge in [-0.2, -0.15) is 0 Å². The van der Waals surface area contributed by atoms with Crippen LogP contribution in [0.25, 0.3) is 0 Å². The van der Waals surface area contributed by atoms with Gasteiger partial charge in [-0.25, -0.2) is 4.98 Å². The third-order valence-electron chi connectivity index (χ3n) is 1.70. The highest BCUT2D eigenvalue weighted by Crippen LogP contribution is 2.00. The Hall–Kier alpha value is -1.23. The Morgan fingerprint density at radius 1 is 1.58 bits per heavy atom. The maximum atomic E-state index is 4.25. The van der Waals surface area contributed by atoms with E-state index in [9.17, 15) is 0 Å². The quantitative estimate of drug-likeness (QED) is 0.620. The van der Waals surface area contributed by atoms with E-state index in [-0.39, 0.29) is 0 Å². The monoisotopic (exact) mass is 162 g/mol. The predicted octanol–water partition coefficient (Wildman–Crippen LogP) is 1.86. The van der Waals surface area contributed by atoms with Gasteiger partial charge < -0.3 is 4.57 Å². The molecule has 64 valence electrons. The Bertz CT molecular complexity index is 288. The summed E-state index contributed by atoms with van der Waals surface area (Å²) >= 11 is 0. The first-order valence-corrected chi connectivity index (χ1v) is 4.28. The molecule has 1 heterocycles. The highest BCUT2D eigenvalue weighted by atomic mass is 15.0. The van der Waals surface area contributed by atoms with Crippen molar-refractivity contribution in [2.75, 3.05) is 0 Å². The molecule has 1 rings (SSSR count). The molecule has 12 heavy (non-hydrogen) atoms. The molecule has 0 atom stereocenters. The first-order chi connectivity index (χ1) is 5.88. The number of imidazole rings is 1. The van der Waals surface area contributed by atoms with Crippen LogP contribution in [0.15, 0.2) is 12.4 Å². The van der Waals surface area contributed by atoms with Crippen molar-refractivity contribution in [2.45, 2.75) is 33.2 Å². The fourth-order valence-electron chi connectivity index (χ4n) is 1.10. The minimum Gasteiger partial charge on any atom is -0.323 e. The molecule has 2 heteroatoms. The maximum Gasteiger partial charge on any atom is 0.109 e. The lowest BCUT2D eigenvalue weighted by atomic mass is 10.3. The van der Waals surface area contributed by atoms with Gasteiger partial charge in [0.1, 0.15) is 5.82 Å². The molecule has 0 bridgehead atoms. The van der Waals surface area contributed by atoms with E-state index in [4.69, 9.17) is 0 Å². The van der Waals surface area contributed by atoms with E-state index in [0.29, 0.717) is 0 Å². The van der Waals surface area contributed by atoms with Gasteiger partial charge in [0.05, 0.1) is 6.54 Å². The van der Waals surface area contributed by atoms with E-state index in [2.05, 4.69) is 28.3 Å². The summed E-state index contributed by atoms with van der Waals surface area (Å²) in [4.78, 5) is 4.25. The average molecular weight is 162 g/mol. The van der Waals surface area contributed by atoms with Crippen molar-refractivity contribution in [3.05, 3.63) is 18.2 Å². The number of nitrogens with zero attached hydrogens (tertiary/aromatic N) is 2. The Morgan fingerprint density at radius 2 is 2.42 bits per heavy atom. The van der Waals surface area contributed by atoms with Crippen LogP contribution >= 0.6 is 0 Å². The van der Waals surface area contributed by atoms with Crippen LogP contribution in [0.3, 0.4) is 0 Å². The molecular weight excluding hydrogens is 148 g/mol. The van der Waals surface area contributed by atoms with Crippen LogP contribution in [0, 0.1) is 11.8 Å². The summed E-state index contributed by atoms with van der Waals surface area (Å²) in [6.07, 6.45) is 5.99. The van der Waals surface area contributed by atoms with E-state index in [0.717, 1.165) is 25.2 Å². The molecule has 0 spiro atoms. The average Bonchev–Trinajstić information content (AvgIpc) is 2.50. The van der Waals surface area contributed by atoms with Crippen LogP contribution in [0.4, 0.5) is 0 Å². The van der Waals surface area contributed by atoms with Gasteiger partial charge in [-0.1, -0.05) is 12.8 Å². The van der Waals surface area contributed by atoms with Crippen molar-refractivity contribution >= 4 is 0 Å². The van der Waals surface area contributed by atoms with Gasteiger partial charge in [0.2, 0.25) is 0 Å². The van der Waals surface area contributed by atoms with Crippen molar-refractivity contribution in [3.8, 4) is 11.8 Å². The Morgan fingerprint density at radius 3 is 3.08 bits per heavy atom. The summed E-state index contributed by atoms with van der Waals surface area (Å²) in [5.41, 5.74) is 0. The molecule has 0 fully saturated rings. The molecule has 0 radical (unpaired) electrons. The highest BCUT2D eigenvalue weighted by molar-refractivity contribution is 5.01. The van der Waals surface area contributed by atoms with Crippen molar-refractivity contribution in [3.63, 3.8) is 0 Å². The van der Waals surface area contributed by atoms with E-state index < -0.39 is 0 Å². The zero-order valence-electron chi connectivity index (χ0n) is 7.67. The molecule has 0 saturated heterocycles. The fourth-order valence-corrected chi connectivity index (χ4v) is 1.10. The Balaban J connectivity index is 2.67. The second kappa shape index (κ2) is 4.61. The summed E-state index contributed by atoms with van der Waals surface area (Å²) in [6.45, 7) is 4.78. The lowest BCUT2D eigenvalue weighted by molar-refractivity contribution is 0.726. The summed E-state index contributed by atoms with van der Waals surface area (Å²) < 4.78 is 2.10. The van der Waals surface area contributed by atoms with E-state index >= 15 is 0 Å². The zero-order chi connectivity index (χ0) is 8.81. The molecule has 0 aliphatic heterocycles. The minimum absolute atomic E-state index is 0.770. The SMILES string of the molecule is CC#CCn1ccnc1CCC.